The van der Waals surface area contributed by atoms with Crippen molar-refractivity contribution in [2.75, 3.05) is 0 Å². The summed E-state index contributed by atoms with van der Waals surface area (Å²) in [5, 5.41) is 9.45. The molecule has 1 aromatic rings. The molecule has 1 unspecified atom stereocenters. The first-order valence-electron chi connectivity index (χ1n) is 11.0. The Balaban J connectivity index is 2.31. The third-order valence-corrected chi connectivity index (χ3v) is 5.84. The van der Waals surface area contributed by atoms with Crippen LogP contribution in [0.1, 0.15) is 108 Å². The van der Waals surface area contributed by atoms with Crippen molar-refractivity contribution in [3.05, 3.63) is 34.9 Å². The Hall–Kier alpha value is -1.20. The van der Waals surface area contributed by atoms with Crippen molar-refractivity contribution in [1.82, 2.24) is 0 Å². The second-order valence-electron chi connectivity index (χ2n) is 8.32. The third kappa shape index (κ3) is 10.1. The topological polar surface area (TPSA) is 23.8 Å². The zero-order chi connectivity index (χ0) is 20.1. The molecule has 2 heteroatoms. The molecule has 0 bridgehead atoms. The molecule has 0 aliphatic heterocycles. The molecule has 150 valence electrons. The molecule has 0 spiro atoms. The maximum atomic E-state index is 9.45. The van der Waals surface area contributed by atoms with Crippen molar-refractivity contribution >= 4 is 17.1 Å². The zero-order valence-corrected chi connectivity index (χ0v) is 18.8. The number of thiocarbonyl (C=S) groups is 1. The first-order valence-corrected chi connectivity index (χ1v) is 11.4. The number of rotatable bonds is 14. The predicted molar refractivity (Wildman–Crippen MR) is 123 cm³/mol. The van der Waals surface area contributed by atoms with Crippen LogP contribution in [-0.4, -0.2) is 4.86 Å². The standard InChI is InChI=1S/C25H39NS/c1-5-6-7-8-9-10-11-12-23(19-26)17-24(27)16-15-22-14-13-21(4)25(18-22)20(2)3/h13-14,18,20,23H,5-12,15-17H2,1-4H3. The van der Waals surface area contributed by atoms with Crippen molar-refractivity contribution in [3.63, 3.8) is 0 Å². The smallest absolute Gasteiger partial charge is 0.0659 e. The van der Waals surface area contributed by atoms with E-state index in [1.165, 1.54) is 61.6 Å². The average Bonchev–Trinajstić information content (AvgIpc) is 2.65. The number of nitriles is 1. The highest BCUT2D eigenvalue weighted by Crippen LogP contribution is 2.22. The van der Waals surface area contributed by atoms with Crippen LogP contribution in [0.3, 0.4) is 0 Å². The van der Waals surface area contributed by atoms with E-state index >= 15 is 0 Å². The van der Waals surface area contributed by atoms with E-state index in [9.17, 15) is 5.26 Å². The Bertz CT molecular complexity index is 597. The molecule has 0 saturated carbocycles. The molecule has 0 N–H and O–H groups in total. The van der Waals surface area contributed by atoms with Gasteiger partial charge in [0.1, 0.15) is 0 Å². The fourth-order valence-electron chi connectivity index (χ4n) is 3.69. The van der Waals surface area contributed by atoms with E-state index in [4.69, 9.17) is 12.2 Å². The molecule has 1 aromatic carbocycles. The second kappa shape index (κ2) is 13.9. The van der Waals surface area contributed by atoms with Crippen LogP contribution in [0.4, 0.5) is 0 Å². The van der Waals surface area contributed by atoms with Crippen molar-refractivity contribution in [1.29, 1.82) is 5.26 Å². The van der Waals surface area contributed by atoms with Crippen LogP contribution in [0.5, 0.6) is 0 Å². The molecule has 0 aromatic heterocycles. The summed E-state index contributed by atoms with van der Waals surface area (Å²) >= 11 is 5.60. The minimum Gasteiger partial charge on any atom is -0.198 e. The van der Waals surface area contributed by atoms with Crippen LogP contribution >= 0.6 is 12.2 Å². The van der Waals surface area contributed by atoms with Gasteiger partial charge in [-0.3, -0.25) is 0 Å². The van der Waals surface area contributed by atoms with Crippen LogP contribution in [0.25, 0.3) is 0 Å². The van der Waals surface area contributed by atoms with Gasteiger partial charge in [0.25, 0.3) is 0 Å². The molecule has 0 saturated heterocycles. The van der Waals surface area contributed by atoms with E-state index in [1.54, 1.807) is 0 Å². The molecule has 27 heavy (non-hydrogen) atoms. The van der Waals surface area contributed by atoms with Gasteiger partial charge >= 0.3 is 0 Å². The summed E-state index contributed by atoms with van der Waals surface area (Å²) in [4.78, 5) is 1.07. The van der Waals surface area contributed by atoms with Gasteiger partial charge in [0.2, 0.25) is 0 Å². The molecule has 0 aliphatic carbocycles. The summed E-state index contributed by atoms with van der Waals surface area (Å²) in [6.45, 7) is 8.93. The van der Waals surface area contributed by atoms with Crippen molar-refractivity contribution < 1.29 is 0 Å². The highest BCUT2D eigenvalue weighted by Gasteiger charge is 2.11. The highest BCUT2D eigenvalue weighted by molar-refractivity contribution is 7.80. The van der Waals surface area contributed by atoms with Crippen LogP contribution in [0, 0.1) is 24.2 Å². The maximum absolute atomic E-state index is 9.45. The van der Waals surface area contributed by atoms with Gasteiger partial charge in [-0.05, 0) is 60.1 Å². The van der Waals surface area contributed by atoms with Gasteiger partial charge in [-0.25, -0.2) is 0 Å². The number of hydrogen-bond donors (Lipinski definition) is 0. The summed E-state index contributed by atoms with van der Waals surface area (Å²) in [6.07, 6.45) is 12.8. The van der Waals surface area contributed by atoms with Gasteiger partial charge < -0.3 is 0 Å². The molecular weight excluding hydrogens is 346 g/mol. The highest BCUT2D eigenvalue weighted by atomic mass is 32.1. The van der Waals surface area contributed by atoms with Crippen molar-refractivity contribution in [3.8, 4) is 6.07 Å². The first-order chi connectivity index (χ1) is 13.0. The molecule has 0 aliphatic rings. The Morgan fingerprint density at radius 3 is 2.37 bits per heavy atom. The maximum Gasteiger partial charge on any atom is 0.0659 e. The van der Waals surface area contributed by atoms with E-state index in [1.807, 2.05) is 0 Å². The Morgan fingerprint density at radius 2 is 1.74 bits per heavy atom. The molecule has 0 fully saturated rings. The molecule has 1 atom stereocenters. The van der Waals surface area contributed by atoms with Crippen LogP contribution in [0.15, 0.2) is 18.2 Å². The predicted octanol–water partition coefficient (Wildman–Crippen LogP) is 8.09. The van der Waals surface area contributed by atoms with Gasteiger partial charge in [0.05, 0.1) is 12.0 Å². The fourth-order valence-corrected chi connectivity index (χ4v) is 3.99. The molecule has 0 radical (unpaired) electrons. The SMILES string of the molecule is CCCCCCCCCC(C#N)CC(=S)CCc1ccc(C)c(C(C)C)c1. The van der Waals surface area contributed by atoms with Crippen LogP contribution in [-0.2, 0) is 6.42 Å². The summed E-state index contributed by atoms with van der Waals surface area (Å²) in [7, 11) is 0. The largest absolute Gasteiger partial charge is 0.198 e. The molecule has 1 rings (SSSR count). The van der Waals surface area contributed by atoms with E-state index < -0.39 is 0 Å². The lowest BCUT2D eigenvalue weighted by Crippen LogP contribution is -2.07. The lowest BCUT2D eigenvalue weighted by Gasteiger charge is -2.13. The van der Waals surface area contributed by atoms with Gasteiger partial charge in [0.15, 0.2) is 0 Å². The van der Waals surface area contributed by atoms with E-state index in [0.29, 0.717) is 5.92 Å². The van der Waals surface area contributed by atoms with Crippen LogP contribution < -0.4 is 0 Å². The average molecular weight is 386 g/mol. The third-order valence-electron chi connectivity index (χ3n) is 5.47. The first kappa shape index (κ1) is 23.8. The normalized spacial score (nSPS) is 12.1. The lowest BCUT2D eigenvalue weighted by atomic mass is 9.92. The van der Waals surface area contributed by atoms with E-state index in [2.05, 4.69) is 52.0 Å². The van der Waals surface area contributed by atoms with Gasteiger partial charge in [-0.2, -0.15) is 5.26 Å². The van der Waals surface area contributed by atoms with Crippen molar-refractivity contribution in [2.24, 2.45) is 5.92 Å². The molecule has 0 amide bonds. The minimum absolute atomic E-state index is 0.109. The van der Waals surface area contributed by atoms with E-state index in [-0.39, 0.29) is 5.92 Å². The number of aryl methyl sites for hydroxylation is 2. The van der Waals surface area contributed by atoms with Crippen LogP contribution in [0.2, 0.25) is 0 Å². The Labute approximate surface area is 173 Å². The molecular formula is C25H39NS. The molecule has 1 nitrogen and oxygen atoms in total. The van der Waals surface area contributed by atoms with Gasteiger partial charge in [-0.1, -0.05) is 96.1 Å². The van der Waals surface area contributed by atoms with Gasteiger partial charge in [-0.15, -0.1) is 0 Å². The summed E-state index contributed by atoms with van der Waals surface area (Å²) in [6, 6.07) is 9.28. The quantitative estimate of drug-likeness (QED) is 0.238. The summed E-state index contributed by atoms with van der Waals surface area (Å²) in [5.41, 5.74) is 4.18. The van der Waals surface area contributed by atoms with E-state index in [0.717, 1.165) is 30.5 Å². The second-order valence-corrected chi connectivity index (χ2v) is 8.90. The number of hydrogen-bond acceptors (Lipinski definition) is 2. The number of nitrogens with zero attached hydrogens (tertiary/aromatic N) is 1. The van der Waals surface area contributed by atoms with Crippen molar-refractivity contribution in [2.45, 2.75) is 104 Å². The lowest BCUT2D eigenvalue weighted by molar-refractivity contribution is 0.530. The number of benzene rings is 1. The minimum atomic E-state index is 0.109. The molecule has 0 heterocycles. The Morgan fingerprint density at radius 1 is 1.07 bits per heavy atom. The fraction of sp³-hybridized carbons (Fsp3) is 0.680. The van der Waals surface area contributed by atoms with Gasteiger partial charge in [0, 0.05) is 0 Å². The number of unbranched alkanes of at least 4 members (excludes halogenated alkanes) is 6. The summed E-state index contributed by atoms with van der Waals surface area (Å²) in [5.74, 6) is 0.666. The monoisotopic (exact) mass is 385 g/mol. The zero-order valence-electron chi connectivity index (χ0n) is 18.0. The Kier molecular flexibility index (Phi) is 12.3. The summed E-state index contributed by atoms with van der Waals surface area (Å²) < 4.78 is 0.